The van der Waals surface area contributed by atoms with Crippen LogP contribution in [0.1, 0.15) is 25.8 Å². The van der Waals surface area contributed by atoms with Crippen molar-refractivity contribution >= 4 is 0 Å². The minimum Gasteiger partial charge on any atom is -0.393 e. The SMILES string of the molecule is CC(O)CC(C)NCc1c(F)cccc1F. The Kier molecular flexibility index (Phi) is 4.83. The summed E-state index contributed by atoms with van der Waals surface area (Å²) < 4.78 is 26.5. The van der Waals surface area contributed by atoms with Crippen molar-refractivity contribution in [3.05, 3.63) is 35.4 Å². The van der Waals surface area contributed by atoms with Gasteiger partial charge in [0.2, 0.25) is 0 Å². The number of halogens is 2. The Morgan fingerprint density at radius 1 is 1.25 bits per heavy atom. The van der Waals surface area contributed by atoms with Crippen LogP contribution in [0.2, 0.25) is 0 Å². The molecule has 2 atom stereocenters. The molecule has 0 bridgehead atoms. The maximum Gasteiger partial charge on any atom is 0.130 e. The summed E-state index contributed by atoms with van der Waals surface area (Å²) in [5.41, 5.74) is 0.0416. The minimum atomic E-state index is -0.545. The third kappa shape index (κ3) is 3.87. The Morgan fingerprint density at radius 3 is 2.31 bits per heavy atom. The average molecular weight is 229 g/mol. The highest BCUT2D eigenvalue weighted by molar-refractivity contribution is 5.19. The number of hydrogen-bond donors (Lipinski definition) is 2. The molecule has 0 fully saturated rings. The molecule has 4 heteroatoms. The van der Waals surface area contributed by atoms with Crippen LogP contribution in [0.15, 0.2) is 18.2 Å². The molecule has 0 aromatic heterocycles. The van der Waals surface area contributed by atoms with Gasteiger partial charge in [-0.1, -0.05) is 6.07 Å². The molecular weight excluding hydrogens is 212 g/mol. The lowest BCUT2D eigenvalue weighted by Crippen LogP contribution is -2.29. The smallest absolute Gasteiger partial charge is 0.130 e. The van der Waals surface area contributed by atoms with Crippen LogP contribution in [0.3, 0.4) is 0 Å². The first kappa shape index (κ1) is 13.1. The average Bonchev–Trinajstić information content (AvgIpc) is 2.15. The van der Waals surface area contributed by atoms with Crippen molar-refractivity contribution in [3.8, 4) is 0 Å². The van der Waals surface area contributed by atoms with Gasteiger partial charge in [-0.05, 0) is 32.4 Å². The van der Waals surface area contributed by atoms with E-state index in [4.69, 9.17) is 5.11 Å². The standard InChI is InChI=1S/C12H17F2NO/c1-8(6-9(2)16)15-7-10-11(13)4-3-5-12(10)14/h3-5,8-9,15-16H,6-7H2,1-2H3. The number of hydrogen-bond acceptors (Lipinski definition) is 2. The molecule has 0 aliphatic carbocycles. The molecule has 0 amide bonds. The maximum atomic E-state index is 13.2. The number of benzene rings is 1. The molecule has 1 aromatic carbocycles. The summed E-state index contributed by atoms with van der Waals surface area (Å²) in [4.78, 5) is 0. The van der Waals surface area contributed by atoms with E-state index in [0.29, 0.717) is 6.42 Å². The summed E-state index contributed by atoms with van der Waals surface area (Å²) in [7, 11) is 0. The van der Waals surface area contributed by atoms with Crippen LogP contribution in [0, 0.1) is 11.6 Å². The Labute approximate surface area is 94.3 Å². The van der Waals surface area contributed by atoms with Gasteiger partial charge in [0.15, 0.2) is 0 Å². The van der Waals surface area contributed by atoms with Gasteiger partial charge < -0.3 is 10.4 Å². The molecule has 0 heterocycles. The van der Waals surface area contributed by atoms with Crippen molar-refractivity contribution in [2.24, 2.45) is 0 Å². The van der Waals surface area contributed by atoms with Crippen LogP contribution in [0.25, 0.3) is 0 Å². The largest absolute Gasteiger partial charge is 0.393 e. The molecule has 0 aliphatic rings. The van der Waals surface area contributed by atoms with Crippen LogP contribution in [-0.2, 0) is 6.54 Å². The van der Waals surface area contributed by atoms with Crippen molar-refractivity contribution in [1.82, 2.24) is 5.32 Å². The van der Waals surface area contributed by atoms with Crippen LogP contribution in [0.5, 0.6) is 0 Å². The lowest BCUT2D eigenvalue weighted by Gasteiger charge is -2.15. The highest BCUT2D eigenvalue weighted by atomic mass is 19.1. The molecule has 1 aromatic rings. The maximum absolute atomic E-state index is 13.2. The molecule has 0 aliphatic heterocycles. The van der Waals surface area contributed by atoms with E-state index in [1.807, 2.05) is 6.92 Å². The van der Waals surface area contributed by atoms with E-state index in [0.717, 1.165) is 0 Å². The van der Waals surface area contributed by atoms with Gasteiger partial charge >= 0.3 is 0 Å². The zero-order valence-electron chi connectivity index (χ0n) is 9.50. The molecule has 0 saturated heterocycles. The Bertz CT molecular complexity index is 322. The summed E-state index contributed by atoms with van der Waals surface area (Å²) in [6.07, 6.45) is 0.128. The van der Waals surface area contributed by atoms with E-state index >= 15 is 0 Å². The summed E-state index contributed by atoms with van der Waals surface area (Å²) >= 11 is 0. The Balaban J connectivity index is 2.54. The van der Waals surface area contributed by atoms with E-state index in [1.54, 1.807) is 6.92 Å². The van der Waals surface area contributed by atoms with Gasteiger partial charge in [0.05, 0.1) is 6.10 Å². The van der Waals surface area contributed by atoms with Gasteiger partial charge in [0.25, 0.3) is 0 Å². The molecule has 16 heavy (non-hydrogen) atoms. The van der Waals surface area contributed by atoms with Gasteiger partial charge in [-0.3, -0.25) is 0 Å². The highest BCUT2D eigenvalue weighted by Gasteiger charge is 2.10. The van der Waals surface area contributed by atoms with E-state index in [1.165, 1.54) is 18.2 Å². The summed E-state index contributed by atoms with van der Waals surface area (Å²) in [5, 5.41) is 12.1. The van der Waals surface area contributed by atoms with Gasteiger partial charge in [-0.2, -0.15) is 0 Å². The number of aliphatic hydroxyl groups is 1. The molecule has 2 nitrogen and oxygen atoms in total. The summed E-state index contributed by atoms with van der Waals surface area (Å²) in [6, 6.07) is 3.82. The molecular formula is C12H17F2NO. The van der Waals surface area contributed by atoms with Crippen LogP contribution in [-0.4, -0.2) is 17.3 Å². The fraction of sp³-hybridized carbons (Fsp3) is 0.500. The highest BCUT2D eigenvalue weighted by Crippen LogP contribution is 2.12. The van der Waals surface area contributed by atoms with E-state index in [2.05, 4.69) is 5.32 Å². The topological polar surface area (TPSA) is 32.3 Å². The fourth-order valence-corrected chi connectivity index (χ4v) is 1.57. The lowest BCUT2D eigenvalue weighted by molar-refractivity contribution is 0.170. The van der Waals surface area contributed by atoms with Gasteiger partial charge in [-0.15, -0.1) is 0 Å². The molecule has 1 rings (SSSR count). The number of rotatable bonds is 5. The molecule has 0 radical (unpaired) electrons. The molecule has 2 unspecified atom stereocenters. The van der Waals surface area contributed by atoms with Gasteiger partial charge in [0.1, 0.15) is 11.6 Å². The van der Waals surface area contributed by atoms with Crippen molar-refractivity contribution in [2.45, 2.75) is 39.0 Å². The zero-order chi connectivity index (χ0) is 12.1. The van der Waals surface area contributed by atoms with E-state index in [9.17, 15) is 8.78 Å². The van der Waals surface area contributed by atoms with E-state index in [-0.39, 0.29) is 18.2 Å². The predicted molar refractivity (Wildman–Crippen MR) is 59.0 cm³/mol. The monoisotopic (exact) mass is 229 g/mol. The molecule has 90 valence electrons. The van der Waals surface area contributed by atoms with E-state index < -0.39 is 17.7 Å². The van der Waals surface area contributed by atoms with Crippen LogP contribution in [0.4, 0.5) is 8.78 Å². The minimum absolute atomic E-state index is 0.0130. The van der Waals surface area contributed by atoms with Crippen LogP contribution < -0.4 is 5.32 Å². The second kappa shape index (κ2) is 5.92. The third-order valence-electron chi connectivity index (χ3n) is 2.38. The lowest BCUT2D eigenvalue weighted by atomic mass is 10.1. The molecule has 0 spiro atoms. The first-order valence-corrected chi connectivity index (χ1v) is 5.35. The number of aliphatic hydroxyl groups excluding tert-OH is 1. The Morgan fingerprint density at radius 2 is 1.81 bits per heavy atom. The second-order valence-electron chi connectivity index (χ2n) is 4.07. The zero-order valence-corrected chi connectivity index (χ0v) is 9.50. The predicted octanol–water partition coefficient (Wildman–Crippen LogP) is 2.21. The first-order valence-electron chi connectivity index (χ1n) is 5.35. The van der Waals surface area contributed by atoms with Crippen molar-refractivity contribution in [2.75, 3.05) is 0 Å². The van der Waals surface area contributed by atoms with Gasteiger partial charge in [-0.25, -0.2) is 8.78 Å². The molecule has 2 N–H and O–H groups in total. The first-order chi connectivity index (χ1) is 7.50. The normalized spacial score (nSPS) is 14.8. The quantitative estimate of drug-likeness (QED) is 0.811. The van der Waals surface area contributed by atoms with Crippen molar-refractivity contribution < 1.29 is 13.9 Å². The van der Waals surface area contributed by atoms with Crippen molar-refractivity contribution in [3.63, 3.8) is 0 Å². The summed E-state index contributed by atoms with van der Waals surface area (Å²) in [5.74, 6) is -1.09. The van der Waals surface area contributed by atoms with Gasteiger partial charge in [0, 0.05) is 18.2 Å². The van der Waals surface area contributed by atoms with Crippen LogP contribution >= 0.6 is 0 Å². The second-order valence-corrected chi connectivity index (χ2v) is 4.07. The number of nitrogens with one attached hydrogen (secondary N) is 1. The van der Waals surface area contributed by atoms with Crippen molar-refractivity contribution in [1.29, 1.82) is 0 Å². The molecule has 0 saturated carbocycles. The summed E-state index contributed by atoms with van der Waals surface area (Å²) in [6.45, 7) is 3.68. The Hall–Kier alpha value is -1.00. The fourth-order valence-electron chi connectivity index (χ4n) is 1.57. The third-order valence-corrected chi connectivity index (χ3v) is 2.38.